The van der Waals surface area contributed by atoms with Crippen molar-refractivity contribution >= 4 is 16.9 Å². The van der Waals surface area contributed by atoms with E-state index in [9.17, 15) is 4.79 Å². The van der Waals surface area contributed by atoms with Gasteiger partial charge in [-0.15, -0.1) is 0 Å². The van der Waals surface area contributed by atoms with Crippen LogP contribution in [0.2, 0.25) is 0 Å². The standard InChI is InChI=1S/C15H19NO3/c1-3-4-7-16-15(17)8-11-10-19-14-9-12(18-2)5-6-13(11)14/h5-6,9-10H,3-4,7-8H2,1-2H3,(H,16,17). The van der Waals surface area contributed by atoms with E-state index in [1.54, 1.807) is 13.4 Å². The molecule has 0 aliphatic rings. The third kappa shape index (κ3) is 3.28. The van der Waals surface area contributed by atoms with Crippen molar-refractivity contribution in [2.45, 2.75) is 26.2 Å². The summed E-state index contributed by atoms with van der Waals surface area (Å²) in [5, 5.41) is 3.87. The summed E-state index contributed by atoms with van der Waals surface area (Å²) >= 11 is 0. The van der Waals surface area contributed by atoms with Crippen LogP contribution in [-0.4, -0.2) is 19.6 Å². The van der Waals surface area contributed by atoms with Crippen LogP contribution in [0, 0.1) is 0 Å². The zero-order chi connectivity index (χ0) is 13.7. The Balaban J connectivity index is 2.06. The van der Waals surface area contributed by atoms with Gasteiger partial charge in [0.1, 0.15) is 11.3 Å². The number of amides is 1. The molecule has 2 rings (SSSR count). The lowest BCUT2D eigenvalue weighted by atomic mass is 10.1. The van der Waals surface area contributed by atoms with Gasteiger partial charge in [-0.25, -0.2) is 0 Å². The molecule has 0 spiro atoms. The third-order valence-electron chi connectivity index (χ3n) is 3.07. The lowest BCUT2D eigenvalue weighted by Gasteiger charge is -2.03. The van der Waals surface area contributed by atoms with Crippen molar-refractivity contribution < 1.29 is 13.9 Å². The number of ether oxygens (including phenoxy) is 1. The molecule has 0 unspecified atom stereocenters. The van der Waals surface area contributed by atoms with Crippen LogP contribution >= 0.6 is 0 Å². The van der Waals surface area contributed by atoms with Gasteiger partial charge in [-0.2, -0.15) is 0 Å². The van der Waals surface area contributed by atoms with Gasteiger partial charge in [-0.05, 0) is 18.6 Å². The molecule has 1 heterocycles. The monoisotopic (exact) mass is 261 g/mol. The number of furan rings is 1. The number of hydrogen-bond acceptors (Lipinski definition) is 3. The highest BCUT2D eigenvalue weighted by molar-refractivity contribution is 5.88. The zero-order valence-electron chi connectivity index (χ0n) is 11.4. The SMILES string of the molecule is CCCCNC(=O)Cc1coc2cc(OC)ccc12. The van der Waals surface area contributed by atoms with E-state index in [-0.39, 0.29) is 5.91 Å². The van der Waals surface area contributed by atoms with E-state index >= 15 is 0 Å². The number of rotatable bonds is 6. The molecule has 1 amide bonds. The molecule has 0 fully saturated rings. The quantitative estimate of drug-likeness (QED) is 0.813. The highest BCUT2D eigenvalue weighted by atomic mass is 16.5. The third-order valence-corrected chi connectivity index (χ3v) is 3.07. The van der Waals surface area contributed by atoms with Gasteiger partial charge in [0.15, 0.2) is 0 Å². The molecule has 0 atom stereocenters. The number of unbranched alkanes of at least 4 members (excludes halogenated alkanes) is 1. The number of methoxy groups -OCH3 is 1. The maximum absolute atomic E-state index is 11.8. The smallest absolute Gasteiger partial charge is 0.224 e. The van der Waals surface area contributed by atoms with Gasteiger partial charge >= 0.3 is 0 Å². The second kappa shape index (κ2) is 6.27. The molecule has 1 aromatic carbocycles. The van der Waals surface area contributed by atoms with Crippen LogP contribution in [0.4, 0.5) is 0 Å². The van der Waals surface area contributed by atoms with Crippen LogP contribution in [0.25, 0.3) is 11.0 Å². The molecule has 1 N–H and O–H groups in total. The van der Waals surface area contributed by atoms with E-state index in [4.69, 9.17) is 9.15 Å². The number of fused-ring (bicyclic) bond motifs is 1. The number of carbonyl (C=O) groups excluding carboxylic acids is 1. The number of hydrogen-bond donors (Lipinski definition) is 1. The molecule has 2 aromatic rings. The van der Waals surface area contributed by atoms with E-state index in [1.807, 2.05) is 18.2 Å². The normalized spacial score (nSPS) is 10.6. The Morgan fingerprint density at radius 3 is 3.00 bits per heavy atom. The molecule has 0 bridgehead atoms. The molecule has 0 aliphatic carbocycles. The van der Waals surface area contributed by atoms with Crippen molar-refractivity contribution in [3.63, 3.8) is 0 Å². The number of carbonyl (C=O) groups is 1. The van der Waals surface area contributed by atoms with Gasteiger partial charge < -0.3 is 14.5 Å². The minimum absolute atomic E-state index is 0.0342. The maximum atomic E-state index is 11.8. The predicted octanol–water partition coefficient (Wildman–Crippen LogP) is 2.90. The molecule has 4 nitrogen and oxygen atoms in total. The Kier molecular flexibility index (Phi) is 4.44. The summed E-state index contributed by atoms with van der Waals surface area (Å²) in [6, 6.07) is 5.62. The number of benzene rings is 1. The van der Waals surface area contributed by atoms with E-state index in [2.05, 4.69) is 12.2 Å². The van der Waals surface area contributed by atoms with Crippen LogP contribution < -0.4 is 10.1 Å². The highest BCUT2D eigenvalue weighted by Gasteiger charge is 2.10. The minimum Gasteiger partial charge on any atom is -0.497 e. The first-order valence-corrected chi connectivity index (χ1v) is 6.55. The van der Waals surface area contributed by atoms with E-state index in [1.165, 1.54) is 0 Å². The Bertz CT molecular complexity index is 560. The van der Waals surface area contributed by atoms with Crippen LogP contribution in [0.5, 0.6) is 5.75 Å². The first-order chi connectivity index (χ1) is 9.24. The molecule has 102 valence electrons. The molecule has 4 heteroatoms. The van der Waals surface area contributed by atoms with E-state index in [0.717, 1.165) is 41.7 Å². The minimum atomic E-state index is 0.0342. The van der Waals surface area contributed by atoms with Gasteiger partial charge in [0, 0.05) is 23.6 Å². The summed E-state index contributed by atoms with van der Waals surface area (Å²) in [4.78, 5) is 11.8. The maximum Gasteiger partial charge on any atom is 0.224 e. The second-order valence-corrected chi connectivity index (χ2v) is 4.50. The molecular formula is C15H19NO3. The zero-order valence-corrected chi connectivity index (χ0v) is 11.4. The molecule has 0 aliphatic heterocycles. The van der Waals surface area contributed by atoms with Crippen LogP contribution in [0.1, 0.15) is 25.3 Å². The van der Waals surface area contributed by atoms with Crippen molar-refractivity contribution in [2.75, 3.05) is 13.7 Å². The van der Waals surface area contributed by atoms with Crippen molar-refractivity contribution in [1.82, 2.24) is 5.32 Å². The van der Waals surface area contributed by atoms with Gasteiger partial charge in [0.05, 0.1) is 19.8 Å². The molecule has 1 aromatic heterocycles. The fourth-order valence-corrected chi connectivity index (χ4v) is 1.97. The van der Waals surface area contributed by atoms with E-state index in [0.29, 0.717) is 6.42 Å². The fourth-order valence-electron chi connectivity index (χ4n) is 1.97. The largest absolute Gasteiger partial charge is 0.497 e. The summed E-state index contributed by atoms with van der Waals surface area (Å²) in [6.07, 6.45) is 4.08. The Morgan fingerprint density at radius 2 is 2.26 bits per heavy atom. The van der Waals surface area contributed by atoms with Gasteiger partial charge in [-0.1, -0.05) is 13.3 Å². The van der Waals surface area contributed by atoms with Crippen LogP contribution in [0.3, 0.4) is 0 Å². The topological polar surface area (TPSA) is 51.5 Å². The molecule has 0 radical (unpaired) electrons. The van der Waals surface area contributed by atoms with Gasteiger partial charge in [0.2, 0.25) is 5.91 Å². The summed E-state index contributed by atoms with van der Waals surface area (Å²) in [5.41, 5.74) is 1.65. The summed E-state index contributed by atoms with van der Waals surface area (Å²) in [7, 11) is 1.62. The second-order valence-electron chi connectivity index (χ2n) is 4.50. The first kappa shape index (κ1) is 13.5. The molecule has 0 saturated carbocycles. The van der Waals surface area contributed by atoms with Crippen molar-refractivity contribution in [1.29, 1.82) is 0 Å². The van der Waals surface area contributed by atoms with Crippen LogP contribution in [-0.2, 0) is 11.2 Å². The highest BCUT2D eigenvalue weighted by Crippen LogP contribution is 2.25. The molecule has 0 saturated heterocycles. The Morgan fingerprint density at radius 1 is 1.42 bits per heavy atom. The van der Waals surface area contributed by atoms with E-state index < -0.39 is 0 Å². The summed E-state index contributed by atoms with van der Waals surface area (Å²) in [6.45, 7) is 2.84. The summed E-state index contributed by atoms with van der Waals surface area (Å²) in [5.74, 6) is 0.785. The lowest BCUT2D eigenvalue weighted by molar-refractivity contribution is -0.120. The first-order valence-electron chi connectivity index (χ1n) is 6.55. The van der Waals surface area contributed by atoms with Gasteiger partial charge in [-0.3, -0.25) is 4.79 Å². The molecular weight excluding hydrogens is 242 g/mol. The average molecular weight is 261 g/mol. The number of nitrogens with one attached hydrogen (secondary N) is 1. The van der Waals surface area contributed by atoms with Crippen molar-refractivity contribution in [2.24, 2.45) is 0 Å². The Hall–Kier alpha value is -1.97. The summed E-state index contributed by atoms with van der Waals surface area (Å²) < 4.78 is 10.6. The lowest BCUT2D eigenvalue weighted by Crippen LogP contribution is -2.25. The Labute approximate surface area is 112 Å². The molecule has 19 heavy (non-hydrogen) atoms. The van der Waals surface area contributed by atoms with Gasteiger partial charge in [0.25, 0.3) is 0 Å². The fraction of sp³-hybridized carbons (Fsp3) is 0.400. The van der Waals surface area contributed by atoms with Crippen LogP contribution in [0.15, 0.2) is 28.9 Å². The van der Waals surface area contributed by atoms with Crippen molar-refractivity contribution in [3.05, 3.63) is 30.0 Å². The predicted molar refractivity (Wildman–Crippen MR) is 74.4 cm³/mol. The van der Waals surface area contributed by atoms with Crippen molar-refractivity contribution in [3.8, 4) is 5.75 Å². The average Bonchev–Trinajstić information content (AvgIpc) is 2.81.